The number of halogens is 1. The molecule has 2 N–H and O–H groups in total. The molecule has 1 aromatic rings. The molecule has 100 valence electrons. The molecule has 0 radical (unpaired) electrons. The monoisotopic (exact) mass is 250 g/mol. The summed E-state index contributed by atoms with van der Waals surface area (Å²) in [5.74, 6) is 0.663. The third kappa shape index (κ3) is 3.30. The summed E-state index contributed by atoms with van der Waals surface area (Å²) in [6.45, 7) is 5.84. The fourth-order valence-corrected chi connectivity index (χ4v) is 2.88. The summed E-state index contributed by atoms with van der Waals surface area (Å²) in [6.07, 6.45) is 3.84. The molecule has 1 unspecified atom stereocenters. The zero-order chi connectivity index (χ0) is 13.0. The Morgan fingerprint density at radius 1 is 1.39 bits per heavy atom. The Morgan fingerprint density at radius 3 is 2.94 bits per heavy atom. The molecule has 0 saturated carbocycles. The largest absolute Gasteiger partial charge is 0.326 e. The van der Waals surface area contributed by atoms with Gasteiger partial charge in [-0.2, -0.15) is 0 Å². The van der Waals surface area contributed by atoms with Gasteiger partial charge in [0.25, 0.3) is 0 Å². The van der Waals surface area contributed by atoms with Crippen LogP contribution in [0.15, 0.2) is 18.2 Å². The summed E-state index contributed by atoms with van der Waals surface area (Å²) in [7, 11) is 0. The van der Waals surface area contributed by atoms with E-state index in [1.165, 1.54) is 25.3 Å². The average molecular weight is 250 g/mol. The van der Waals surface area contributed by atoms with E-state index < -0.39 is 0 Å². The number of benzene rings is 1. The maximum atomic E-state index is 13.3. The zero-order valence-corrected chi connectivity index (χ0v) is 11.2. The van der Waals surface area contributed by atoms with Crippen LogP contribution >= 0.6 is 0 Å². The van der Waals surface area contributed by atoms with Gasteiger partial charge in [0.1, 0.15) is 5.82 Å². The van der Waals surface area contributed by atoms with Crippen molar-refractivity contribution in [2.45, 2.75) is 39.3 Å². The van der Waals surface area contributed by atoms with Crippen molar-refractivity contribution in [1.29, 1.82) is 0 Å². The highest BCUT2D eigenvalue weighted by Gasteiger charge is 2.22. The number of hydrogen-bond acceptors (Lipinski definition) is 2. The van der Waals surface area contributed by atoms with Crippen LogP contribution in [0, 0.1) is 11.7 Å². The maximum Gasteiger partial charge on any atom is 0.123 e. The molecule has 2 rings (SSSR count). The lowest BCUT2D eigenvalue weighted by Crippen LogP contribution is -2.21. The average Bonchev–Trinajstić information content (AvgIpc) is 2.77. The van der Waals surface area contributed by atoms with E-state index in [9.17, 15) is 4.39 Å². The highest BCUT2D eigenvalue weighted by Crippen LogP contribution is 2.23. The van der Waals surface area contributed by atoms with Gasteiger partial charge in [-0.1, -0.05) is 19.4 Å². The van der Waals surface area contributed by atoms with E-state index in [-0.39, 0.29) is 5.82 Å². The minimum absolute atomic E-state index is 0.161. The Balaban J connectivity index is 1.99. The van der Waals surface area contributed by atoms with E-state index in [4.69, 9.17) is 5.73 Å². The molecule has 0 bridgehead atoms. The van der Waals surface area contributed by atoms with Gasteiger partial charge < -0.3 is 5.73 Å². The Morgan fingerprint density at radius 2 is 2.22 bits per heavy atom. The van der Waals surface area contributed by atoms with Gasteiger partial charge in [-0.15, -0.1) is 0 Å². The molecule has 0 amide bonds. The van der Waals surface area contributed by atoms with Crippen LogP contribution in [0.5, 0.6) is 0 Å². The van der Waals surface area contributed by atoms with Crippen LogP contribution in [0.1, 0.15) is 37.3 Å². The third-order valence-electron chi connectivity index (χ3n) is 3.85. The van der Waals surface area contributed by atoms with Crippen LogP contribution in [-0.2, 0) is 13.1 Å². The van der Waals surface area contributed by atoms with E-state index >= 15 is 0 Å². The highest BCUT2D eigenvalue weighted by atomic mass is 19.1. The first-order valence-corrected chi connectivity index (χ1v) is 6.92. The fraction of sp³-hybridized carbons (Fsp3) is 0.600. The van der Waals surface area contributed by atoms with Crippen LogP contribution < -0.4 is 5.73 Å². The minimum Gasteiger partial charge on any atom is -0.326 e. The molecule has 1 aliphatic rings. The molecule has 1 aliphatic heterocycles. The molecule has 2 nitrogen and oxygen atoms in total. The van der Waals surface area contributed by atoms with Crippen molar-refractivity contribution in [3.63, 3.8) is 0 Å². The fourth-order valence-electron chi connectivity index (χ4n) is 2.88. The lowest BCUT2D eigenvalue weighted by Gasteiger charge is -2.18. The lowest BCUT2D eigenvalue weighted by molar-refractivity contribution is 0.311. The van der Waals surface area contributed by atoms with Crippen molar-refractivity contribution >= 4 is 0 Å². The van der Waals surface area contributed by atoms with E-state index in [2.05, 4.69) is 11.8 Å². The van der Waals surface area contributed by atoms with Gasteiger partial charge >= 0.3 is 0 Å². The normalized spacial score (nSPS) is 20.5. The Kier molecular flexibility index (Phi) is 4.72. The number of likely N-dealkylation sites (tertiary alicyclic amines) is 1. The molecule has 18 heavy (non-hydrogen) atoms. The predicted molar refractivity (Wildman–Crippen MR) is 72.6 cm³/mol. The van der Waals surface area contributed by atoms with Gasteiger partial charge in [0.15, 0.2) is 0 Å². The molecule has 0 aromatic heterocycles. The molecular formula is C15H23FN2. The van der Waals surface area contributed by atoms with Crippen LogP contribution in [0.25, 0.3) is 0 Å². The Bertz CT molecular complexity index is 392. The van der Waals surface area contributed by atoms with Gasteiger partial charge in [0.05, 0.1) is 0 Å². The lowest BCUT2D eigenvalue weighted by atomic mass is 10.0. The number of nitrogens with zero attached hydrogens (tertiary/aromatic N) is 1. The molecule has 1 aromatic carbocycles. The number of nitrogens with two attached hydrogens (primary N) is 1. The second kappa shape index (κ2) is 6.30. The standard InChI is InChI=1S/C15H23FN2/c1-2-3-12-6-7-18(10-12)11-14-8-15(16)5-4-13(14)9-17/h4-5,8,12H,2-3,6-7,9-11,17H2,1H3. The first-order valence-electron chi connectivity index (χ1n) is 6.92. The summed E-state index contributed by atoms with van der Waals surface area (Å²) < 4.78 is 13.3. The van der Waals surface area contributed by atoms with Crippen molar-refractivity contribution in [3.05, 3.63) is 35.1 Å². The second-order valence-electron chi connectivity index (χ2n) is 5.30. The molecule has 3 heteroatoms. The summed E-state index contributed by atoms with van der Waals surface area (Å²) in [5.41, 5.74) is 7.82. The smallest absolute Gasteiger partial charge is 0.123 e. The highest BCUT2D eigenvalue weighted by molar-refractivity contribution is 5.27. The van der Waals surface area contributed by atoms with Gasteiger partial charge in [-0.05, 0) is 48.6 Å². The minimum atomic E-state index is -0.161. The van der Waals surface area contributed by atoms with Gasteiger partial charge in [-0.3, -0.25) is 4.90 Å². The van der Waals surface area contributed by atoms with Crippen LogP contribution in [-0.4, -0.2) is 18.0 Å². The molecule has 1 saturated heterocycles. The number of hydrogen-bond donors (Lipinski definition) is 1. The van der Waals surface area contributed by atoms with E-state index in [0.29, 0.717) is 6.54 Å². The third-order valence-corrected chi connectivity index (χ3v) is 3.85. The predicted octanol–water partition coefficient (Wildman–Crippen LogP) is 2.91. The van der Waals surface area contributed by atoms with Gasteiger partial charge in [0, 0.05) is 19.6 Å². The zero-order valence-electron chi connectivity index (χ0n) is 11.2. The second-order valence-corrected chi connectivity index (χ2v) is 5.30. The van der Waals surface area contributed by atoms with E-state index in [1.54, 1.807) is 6.07 Å². The number of rotatable bonds is 5. The molecule has 1 fully saturated rings. The topological polar surface area (TPSA) is 29.3 Å². The molecule has 0 aliphatic carbocycles. The summed E-state index contributed by atoms with van der Waals surface area (Å²) in [4.78, 5) is 2.42. The Labute approximate surface area is 109 Å². The van der Waals surface area contributed by atoms with Crippen molar-refractivity contribution in [2.75, 3.05) is 13.1 Å². The van der Waals surface area contributed by atoms with Crippen molar-refractivity contribution in [1.82, 2.24) is 4.90 Å². The summed E-state index contributed by atoms with van der Waals surface area (Å²) in [5, 5.41) is 0. The molecule has 1 atom stereocenters. The first-order chi connectivity index (χ1) is 8.72. The van der Waals surface area contributed by atoms with Crippen LogP contribution in [0.4, 0.5) is 4.39 Å². The van der Waals surface area contributed by atoms with Gasteiger partial charge in [0.2, 0.25) is 0 Å². The first kappa shape index (κ1) is 13.5. The van der Waals surface area contributed by atoms with Crippen molar-refractivity contribution in [3.8, 4) is 0 Å². The van der Waals surface area contributed by atoms with Gasteiger partial charge in [-0.25, -0.2) is 4.39 Å². The Hall–Kier alpha value is -0.930. The molecule has 0 spiro atoms. The van der Waals surface area contributed by atoms with Crippen LogP contribution in [0.2, 0.25) is 0 Å². The van der Waals surface area contributed by atoms with Crippen molar-refractivity contribution in [2.24, 2.45) is 11.7 Å². The molecule has 1 heterocycles. The quantitative estimate of drug-likeness (QED) is 0.870. The van der Waals surface area contributed by atoms with Crippen LogP contribution in [0.3, 0.4) is 0 Å². The SMILES string of the molecule is CCCC1CCN(Cc2cc(F)ccc2CN)C1. The van der Waals surface area contributed by atoms with Crippen molar-refractivity contribution < 1.29 is 4.39 Å². The van der Waals surface area contributed by atoms with E-state index in [1.807, 2.05) is 6.07 Å². The van der Waals surface area contributed by atoms with E-state index in [0.717, 1.165) is 36.7 Å². The summed E-state index contributed by atoms with van der Waals surface area (Å²) >= 11 is 0. The summed E-state index contributed by atoms with van der Waals surface area (Å²) in [6, 6.07) is 4.94. The molecular weight excluding hydrogens is 227 g/mol. The maximum absolute atomic E-state index is 13.3.